The van der Waals surface area contributed by atoms with Gasteiger partial charge in [-0.25, -0.2) is 4.98 Å². The molecule has 6 nitrogen and oxygen atoms in total. The fraction of sp³-hybridized carbons (Fsp3) is 0.143. The number of nitrogens with one attached hydrogen (secondary N) is 1. The van der Waals surface area contributed by atoms with Crippen LogP contribution in [0.1, 0.15) is 16.1 Å². The summed E-state index contributed by atoms with van der Waals surface area (Å²) in [5.74, 6) is 4.80. The molecule has 2 N–H and O–H groups in total. The van der Waals surface area contributed by atoms with Gasteiger partial charge in [0.2, 0.25) is 0 Å². The highest BCUT2D eigenvalue weighted by Crippen LogP contribution is 2.31. The van der Waals surface area contributed by atoms with Gasteiger partial charge in [0.25, 0.3) is 0 Å². The van der Waals surface area contributed by atoms with Crippen LogP contribution in [-0.2, 0) is 11.2 Å². The Kier molecular flexibility index (Phi) is 7.50. The molecule has 0 unspecified atom stereocenters. The topological polar surface area (TPSA) is 80.7 Å². The number of benzene rings is 2. The molecular formula is C21H15F3N2O4S2. The van der Waals surface area contributed by atoms with E-state index in [1.54, 1.807) is 29.6 Å². The first-order valence-electron chi connectivity index (χ1n) is 8.87. The third-order valence-electron chi connectivity index (χ3n) is 3.75. The van der Waals surface area contributed by atoms with Gasteiger partial charge in [-0.2, -0.15) is 0 Å². The number of methoxy groups -OCH3 is 1. The molecule has 0 spiro atoms. The summed E-state index contributed by atoms with van der Waals surface area (Å²) in [5.41, 5.74) is 1.62. The second kappa shape index (κ2) is 10.3. The number of halogens is 3. The maximum absolute atomic E-state index is 12.3. The van der Waals surface area contributed by atoms with Crippen LogP contribution in [0.2, 0.25) is 0 Å². The summed E-state index contributed by atoms with van der Waals surface area (Å²) >= 11 is 2.50. The van der Waals surface area contributed by atoms with Crippen molar-refractivity contribution < 1.29 is 32.5 Å². The van der Waals surface area contributed by atoms with E-state index in [1.807, 2.05) is 0 Å². The third kappa shape index (κ3) is 7.11. The van der Waals surface area contributed by atoms with E-state index in [0.29, 0.717) is 32.6 Å². The summed E-state index contributed by atoms with van der Waals surface area (Å²) in [7, 11) is 1.49. The Labute approximate surface area is 189 Å². The Bertz CT molecular complexity index is 1170. The Morgan fingerprint density at radius 3 is 2.78 bits per heavy atom. The Morgan fingerprint density at radius 1 is 1.25 bits per heavy atom. The first-order chi connectivity index (χ1) is 15.2. The minimum Gasteiger partial charge on any atom is -0.495 e. The molecule has 0 aliphatic heterocycles. The lowest BCUT2D eigenvalue weighted by atomic mass is 10.1. The molecule has 3 rings (SSSR count). The van der Waals surface area contributed by atoms with E-state index < -0.39 is 12.3 Å². The van der Waals surface area contributed by atoms with Crippen molar-refractivity contribution in [1.29, 1.82) is 0 Å². The molecule has 0 radical (unpaired) electrons. The molecule has 166 valence electrons. The summed E-state index contributed by atoms with van der Waals surface area (Å²) in [6, 6.07) is 10.4. The van der Waals surface area contributed by atoms with Gasteiger partial charge in [-0.05, 0) is 41.8 Å². The van der Waals surface area contributed by atoms with E-state index in [0.717, 1.165) is 0 Å². The van der Waals surface area contributed by atoms with Crippen molar-refractivity contribution >= 4 is 34.9 Å². The predicted molar refractivity (Wildman–Crippen MR) is 115 cm³/mol. The largest absolute Gasteiger partial charge is 0.573 e. The Hall–Kier alpha value is -3.36. The van der Waals surface area contributed by atoms with Gasteiger partial charge in [-0.1, -0.05) is 18.1 Å². The van der Waals surface area contributed by atoms with Crippen LogP contribution >= 0.6 is 23.3 Å². The molecule has 0 amide bonds. The number of hydrogen-bond donors (Lipinski definition) is 2. The SMILES string of the molecule is COc1cc(CC(=O)O)ccc1NSc1csc(C#Cc2cccc(OC(F)(F)F)c2)n1. The van der Waals surface area contributed by atoms with Crippen molar-refractivity contribution in [2.75, 3.05) is 11.8 Å². The summed E-state index contributed by atoms with van der Waals surface area (Å²) in [6.45, 7) is 0. The molecule has 0 atom stereocenters. The van der Waals surface area contributed by atoms with E-state index in [4.69, 9.17) is 9.84 Å². The molecule has 0 bridgehead atoms. The van der Waals surface area contributed by atoms with Crippen LogP contribution in [0, 0.1) is 11.8 Å². The second-order valence-corrected chi connectivity index (χ2v) is 7.81. The van der Waals surface area contributed by atoms with Gasteiger partial charge in [0.15, 0.2) is 5.01 Å². The molecule has 1 aromatic heterocycles. The van der Waals surface area contributed by atoms with Crippen molar-refractivity contribution in [2.24, 2.45) is 0 Å². The van der Waals surface area contributed by atoms with Crippen LogP contribution in [-0.4, -0.2) is 29.5 Å². The summed E-state index contributed by atoms with van der Waals surface area (Å²) < 4.78 is 49.3. The smallest absolute Gasteiger partial charge is 0.495 e. The number of aromatic nitrogens is 1. The first kappa shape index (κ1) is 23.3. The Morgan fingerprint density at radius 2 is 2.06 bits per heavy atom. The number of nitrogens with zero attached hydrogens (tertiary/aromatic N) is 1. The number of carbonyl (C=O) groups is 1. The molecule has 0 saturated heterocycles. The zero-order valence-electron chi connectivity index (χ0n) is 16.4. The minimum atomic E-state index is -4.76. The normalized spacial score (nSPS) is 10.8. The molecular weight excluding hydrogens is 465 g/mol. The lowest BCUT2D eigenvalue weighted by Crippen LogP contribution is -2.17. The van der Waals surface area contributed by atoms with Crippen molar-refractivity contribution in [3.8, 4) is 23.3 Å². The monoisotopic (exact) mass is 480 g/mol. The van der Waals surface area contributed by atoms with Gasteiger partial charge >= 0.3 is 12.3 Å². The number of rotatable bonds is 7. The summed E-state index contributed by atoms with van der Waals surface area (Å²) in [6.07, 6.45) is -4.87. The zero-order chi connectivity index (χ0) is 23.1. The molecule has 1 heterocycles. The molecule has 2 aromatic carbocycles. The fourth-order valence-electron chi connectivity index (χ4n) is 2.47. The van der Waals surface area contributed by atoms with Crippen molar-refractivity contribution in [3.63, 3.8) is 0 Å². The van der Waals surface area contributed by atoms with Crippen molar-refractivity contribution in [3.05, 3.63) is 64.0 Å². The molecule has 3 aromatic rings. The van der Waals surface area contributed by atoms with Gasteiger partial charge in [0.05, 0.1) is 19.2 Å². The minimum absolute atomic E-state index is 0.108. The van der Waals surface area contributed by atoms with E-state index in [9.17, 15) is 18.0 Å². The lowest BCUT2D eigenvalue weighted by Gasteiger charge is -2.10. The second-order valence-electron chi connectivity index (χ2n) is 6.13. The summed E-state index contributed by atoms with van der Waals surface area (Å²) in [4.78, 5) is 15.2. The molecule has 11 heteroatoms. The quantitative estimate of drug-likeness (QED) is 0.356. The summed E-state index contributed by atoms with van der Waals surface area (Å²) in [5, 5.41) is 11.8. The Balaban J connectivity index is 1.64. The van der Waals surface area contributed by atoms with Gasteiger partial charge in [-0.15, -0.1) is 24.5 Å². The van der Waals surface area contributed by atoms with E-state index in [-0.39, 0.29) is 12.2 Å². The fourth-order valence-corrected chi connectivity index (χ4v) is 3.91. The van der Waals surface area contributed by atoms with Crippen LogP contribution in [0.3, 0.4) is 0 Å². The highest BCUT2D eigenvalue weighted by Gasteiger charge is 2.31. The molecule has 0 aliphatic carbocycles. The maximum atomic E-state index is 12.3. The number of thiazole rings is 1. The maximum Gasteiger partial charge on any atom is 0.573 e. The van der Waals surface area contributed by atoms with Gasteiger partial charge < -0.3 is 19.3 Å². The predicted octanol–water partition coefficient (Wildman–Crippen LogP) is 5.20. The number of hydrogen-bond acceptors (Lipinski definition) is 7. The number of carboxylic acids is 1. The van der Waals surface area contributed by atoms with Gasteiger partial charge in [-0.3, -0.25) is 4.79 Å². The number of ether oxygens (including phenoxy) is 2. The number of aliphatic carboxylic acids is 1. The average molecular weight is 480 g/mol. The van der Waals surface area contributed by atoms with E-state index >= 15 is 0 Å². The molecule has 0 fully saturated rings. The van der Waals surface area contributed by atoms with Crippen LogP contribution in [0.4, 0.5) is 18.9 Å². The average Bonchev–Trinajstić information content (AvgIpc) is 3.17. The van der Waals surface area contributed by atoms with Gasteiger partial charge in [0, 0.05) is 22.9 Å². The highest BCUT2D eigenvalue weighted by atomic mass is 32.2. The highest BCUT2D eigenvalue weighted by molar-refractivity contribution is 8.00. The number of anilines is 1. The zero-order valence-corrected chi connectivity index (χ0v) is 18.0. The van der Waals surface area contributed by atoms with Crippen LogP contribution < -0.4 is 14.2 Å². The van der Waals surface area contributed by atoms with Crippen LogP contribution in [0.15, 0.2) is 52.9 Å². The third-order valence-corrected chi connectivity index (χ3v) is 5.40. The standard InChI is InChI=1S/C21H15F3N2O4S2/c1-29-17-10-14(11-20(27)28)5-7-16(17)26-32-19-12-31-18(25-19)8-6-13-3-2-4-15(9-13)30-21(22,23)24/h2-5,7,9-10,12,26H,11H2,1H3,(H,27,28). The molecule has 0 saturated carbocycles. The van der Waals surface area contributed by atoms with Gasteiger partial charge in [0.1, 0.15) is 16.5 Å². The first-order valence-corrected chi connectivity index (χ1v) is 10.6. The molecule has 0 aliphatic rings. The van der Waals surface area contributed by atoms with Crippen molar-refractivity contribution in [1.82, 2.24) is 4.98 Å². The number of carboxylic acid groups (broad SMARTS) is 1. The van der Waals surface area contributed by atoms with Crippen LogP contribution in [0.5, 0.6) is 11.5 Å². The van der Waals surface area contributed by atoms with Crippen LogP contribution in [0.25, 0.3) is 0 Å². The molecule has 32 heavy (non-hydrogen) atoms. The van der Waals surface area contributed by atoms with Crippen molar-refractivity contribution in [2.45, 2.75) is 17.8 Å². The lowest BCUT2D eigenvalue weighted by molar-refractivity contribution is -0.274. The van der Waals surface area contributed by atoms with E-state index in [2.05, 4.69) is 26.3 Å². The van der Waals surface area contributed by atoms with E-state index in [1.165, 1.54) is 48.6 Å². The number of alkyl halides is 3.